The van der Waals surface area contributed by atoms with Gasteiger partial charge in [0.15, 0.2) is 9.84 Å². The standard InChI is InChI=1S/C13H20N2O4S/c1-4-15-13(2,12(14)16)9-19-10-5-7-11(8-6-10)20(3,17)18/h5-8,15H,4,9H2,1-3H3,(H2,14,16). The van der Waals surface area contributed by atoms with E-state index >= 15 is 0 Å². The topological polar surface area (TPSA) is 98.5 Å². The van der Waals surface area contributed by atoms with Crippen LogP contribution in [-0.4, -0.2) is 39.3 Å². The Kier molecular flexibility index (Phi) is 5.13. The lowest BCUT2D eigenvalue weighted by Gasteiger charge is -2.26. The van der Waals surface area contributed by atoms with Crippen molar-refractivity contribution in [2.45, 2.75) is 24.3 Å². The molecule has 0 aromatic heterocycles. The third-order valence-electron chi connectivity index (χ3n) is 2.89. The van der Waals surface area contributed by atoms with Gasteiger partial charge in [0, 0.05) is 6.26 Å². The van der Waals surface area contributed by atoms with Crippen molar-refractivity contribution in [1.29, 1.82) is 0 Å². The van der Waals surface area contributed by atoms with E-state index in [0.29, 0.717) is 12.3 Å². The number of likely N-dealkylation sites (N-methyl/N-ethyl adjacent to an activating group) is 1. The van der Waals surface area contributed by atoms with Gasteiger partial charge in [0.05, 0.1) is 4.90 Å². The van der Waals surface area contributed by atoms with Gasteiger partial charge in [-0.1, -0.05) is 6.92 Å². The number of hydrogen-bond donors (Lipinski definition) is 2. The molecule has 6 nitrogen and oxygen atoms in total. The van der Waals surface area contributed by atoms with E-state index in [1.54, 1.807) is 19.1 Å². The Morgan fingerprint density at radius 3 is 2.30 bits per heavy atom. The number of carbonyl (C=O) groups is 1. The van der Waals surface area contributed by atoms with E-state index in [1.165, 1.54) is 12.1 Å². The van der Waals surface area contributed by atoms with Crippen LogP contribution in [-0.2, 0) is 14.6 Å². The fraction of sp³-hybridized carbons (Fsp3) is 0.462. The highest BCUT2D eigenvalue weighted by Crippen LogP contribution is 2.17. The highest BCUT2D eigenvalue weighted by Gasteiger charge is 2.30. The van der Waals surface area contributed by atoms with Crippen molar-refractivity contribution in [3.63, 3.8) is 0 Å². The van der Waals surface area contributed by atoms with Gasteiger partial charge in [-0.15, -0.1) is 0 Å². The Morgan fingerprint density at radius 1 is 1.35 bits per heavy atom. The Morgan fingerprint density at radius 2 is 1.90 bits per heavy atom. The molecule has 0 aliphatic heterocycles. The quantitative estimate of drug-likeness (QED) is 0.756. The molecule has 1 amide bonds. The van der Waals surface area contributed by atoms with E-state index in [1.807, 2.05) is 6.92 Å². The maximum atomic E-state index is 11.4. The average molecular weight is 300 g/mol. The minimum atomic E-state index is -3.23. The number of rotatable bonds is 7. The van der Waals surface area contributed by atoms with Crippen LogP contribution in [0.15, 0.2) is 29.2 Å². The summed E-state index contributed by atoms with van der Waals surface area (Å²) in [5, 5.41) is 2.97. The number of nitrogens with two attached hydrogens (primary N) is 1. The second-order valence-corrected chi connectivity index (χ2v) is 6.77. The smallest absolute Gasteiger partial charge is 0.240 e. The number of carbonyl (C=O) groups excluding carboxylic acids is 1. The van der Waals surface area contributed by atoms with Gasteiger partial charge in [-0.05, 0) is 37.7 Å². The van der Waals surface area contributed by atoms with Crippen molar-refractivity contribution in [3.05, 3.63) is 24.3 Å². The van der Waals surface area contributed by atoms with Crippen molar-refractivity contribution in [3.8, 4) is 5.75 Å². The summed E-state index contributed by atoms with van der Waals surface area (Å²) >= 11 is 0. The molecule has 0 aliphatic carbocycles. The maximum absolute atomic E-state index is 11.4. The van der Waals surface area contributed by atoms with Crippen LogP contribution >= 0.6 is 0 Å². The largest absolute Gasteiger partial charge is 0.491 e. The van der Waals surface area contributed by atoms with Crippen LogP contribution < -0.4 is 15.8 Å². The van der Waals surface area contributed by atoms with Crippen LogP contribution in [0, 0.1) is 0 Å². The van der Waals surface area contributed by atoms with Gasteiger partial charge in [-0.3, -0.25) is 4.79 Å². The lowest BCUT2D eigenvalue weighted by Crippen LogP contribution is -2.57. The minimum absolute atomic E-state index is 0.0639. The van der Waals surface area contributed by atoms with E-state index in [0.717, 1.165) is 6.26 Å². The van der Waals surface area contributed by atoms with Gasteiger partial charge < -0.3 is 15.8 Å². The number of nitrogens with one attached hydrogen (secondary N) is 1. The number of ether oxygens (including phenoxy) is 1. The van der Waals surface area contributed by atoms with Crippen molar-refractivity contribution in [1.82, 2.24) is 5.32 Å². The molecule has 0 aliphatic rings. The first-order valence-electron chi connectivity index (χ1n) is 6.17. The zero-order valence-electron chi connectivity index (χ0n) is 11.8. The molecule has 0 saturated carbocycles. The van der Waals surface area contributed by atoms with Gasteiger partial charge >= 0.3 is 0 Å². The number of sulfone groups is 1. The number of amides is 1. The predicted octanol–water partition coefficient (Wildman–Crippen LogP) is 0.322. The summed E-state index contributed by atoms with van der Waals surface area (Å²) in [5.41, 5.74) is 4.37. The summed E-state index contributed by atoms with van der Waals surface area (Å²) in [4.78, 5) is 11.6. The van der Waals surface area contributed by atoms with Crippen LogP contribution in [0.3, 0.4) is 0 Å². The first-order chi connectivity index (χ1) is 9.19. The molecule has 1 unspecified atom stereocenters. The van der Waals surface area contributed by atoms with Crippen molar-refractivity contribution >= 4 is 15.7 Å². The normalized spacial score (nSPS) is 14.6. The Bertz CT molecular complexity index is 569. The first-order valence-corrected chi connectivity index (χ1v) is 8.06. The number of primary amides is 1. The van der Waals surface area contributed by atoms with Gasteiger partial charge in [-0.2, -0.15) is 0 Å². The van der Waals surface area contributed by atoms with Crippen LogP contribution in [0.4, 0.5) is 0 Å². The van der Waals surface area contributed by atoms with E-state index in [-0.39, 0.29) is 11.5 Å². The van der Waals surface area contributed by atoms with E-state index in [4.69, 9.17) is 10.5 Å². The summed E-state index contributed by atoms with van der Waals surface area (Å²) in [5.74, 6) is -0.0325. The molecule has 0 saturated heterocycles. The van der Waals surface area contributed by atoms with Gasteiger partial charge in [-0.25, -0.2) is 8.42 Å². The second kappa shape index (κ2) is 6.23. The Hall–Kier alpha value is -1.60. The molecule has 1 aromatic carbocycles. The van der Waals surface area contributed by atoms with Crippen LogP contribution in [0.1, 0.15) is 13.8 Å². The lowest BCUT2D eigenvalue weighted by atomic mass is 10.0. The van der Waals surface area contributed by atoms with Crippen LogP contribution in [0.5, 0.6) is 5.75 Å². The fourth-order valence-electron chi connectivity index (χ4n) is 1.61. The van der Waals surface area contributed by atoms with E-state index in [2.05, 4.69) is 5.32 Å². The summed E-state index contributed by atoms with van der Waals surface area (Å²) in [7, 11) is -3.23. The third-order valence-corrected chi connectivity index (χ3v) is 4.02. The van der Waals surface area contributed by atoms with Gasteiger partial charge in [0.2, 0.25) is 5.91 Å². The zero-order valence-corrected chi connectivity index (χ0v) is 12.7. The highest BCUT2D eigenvalue weighted by atomic mass is 32.2. The molecule has 1 aromatic rings. The van der Waals surface area contributed by atoms with Gasteiger partial charge in [0.1, 0.15) is 17.9 Å². The summed E-state index contributed by atoms with van der Waals surface area (Å²) in [6.45, 7) is 4.16. The van der Waals surface area contributed by atoms with Crippen molar-refractivity contribution in [2.75, 3.05) is 19.4 Å². The highest BCUT2D eigenvalue weighted by molar-refractivity contribution is 7.90. The molecular weight excluding hydrogens is 280 g/mol. The van der Waals surface area contributed by atoms with Crippen molar-refractivity contribution < 1.29 is 17.9 Å². The molecule has 1 rings (SSSR count). The summed E-state index contributed by atoms with van der Waals surface area (Å²) in [6.07, 6.45) is 1.14. The molecule has 0 spiro atoms. The summed E-state index contributed by atoms with van der Waals surface area (Å²) in [6, 6.07) is 6.01. The van der Waals surface area contributed by atoms with Crippen LogP contribution in [0.25, 0.3) is 0 Å². The lowest BCUT2D eigenvalue weighted by molar-refractivity contribution is -0.124. The Balaban J connectivity index is 2.77. The molecular formula is C13H20N2O4S. The van der Waals surface area contributed by atoms with E-state index < -0.39 is 21.3 Å². The molecule has 20 heavy (non-hydrogen) atoms. The molecule has 3 N–H and O–H groups in total. The summed E-state index contributed by atoms with van der Waals surface area (Å²) < 4.78 is 28.1. The van der Waals surface area contributed by atoms with E-state index in [9.17, 15) is 13.2 Å². The molecule has 7 heteroatoms. The molecule has 1 atom stereocenters. The predicted molar refractivity (Wildman–Crippen MR) is 76.3 cm³/mol. The third kappa shape index (κ3) is 4.21. The van der Waals surface area contributed by atoms with Gasteiger partial charge in [0.25, 0.3) is 0 Å². The molecule has 0 radical (unpaired) electrons. The van der Waals surface area contributed by atoms with Crippen molar-refractivity contribution in [2.24, 2.45) is 5.73 Å². The minimum Gasteiger partial charge on any atom is -0.491 e. The fourth-order valence-corrected chi connectivity index (χ4v) is 2.24. The van der Waals surface area contributed by atoms with Crippen LogP contribution in [0.2, 0.25) is 0 Å². The average Bonchev–Trinajstić information content (AvgIpc) is 2.36. The monoisotopic (exact) mass is 300 g/mol. The SMILES string of the molecule is CCNC(C)(COc1ccc(S(C)(=O)=O)cc1)C(N)=O. The molecule has 0 heterocycles. The maximum Gasteiger partial charge on any atom is 0.240 e. The molecule has 0 bridgehead atoms. The molecule has 112 valence electrons. The first kappa shape index (κ1) is 16.5. The Labute approximate surface area is 119 Å². The zero-order chi connectivity index (χ0) is 15.4. The second-order valence-electron chi connectivity index (χ2n) is 4.76. The number of benzene rings is 1. The number of hydrogen-bond acceptors (Lipinski definition) is 5. The molecule has 0 fully saturated rings.